The molecule has 0 saturated heterocycles. The third-order valence-electron chi connectivity index (χ3n) is 3.50. The fraction of sp³-hybridized carbons (Fsp3) is 0.500. The number of halogens is 1. The molecule has 1 aliphatic carbocycles. The number of carbonyl (C=O) groups is 1. The van der Waals surface area contributed by atoms with Crippen LogP contribution in [0.3, 0.4) is 0 Å². The van der Waals surface area contributed by atoms with E-state index in [1.54, 1.807) is 26.0 Å². The molecule has 1 aliphatic rings. The van der Waals surface area contributed by atoms with Gasteiger partial charge in [0.15, 0.2) is 0 Å². The number of hydrogen-bond acceptors (Lipinski definition) is 1. The highest BCUT2D eigenvalue weighted by molar-refractivity contribution is 5.80. The minimum absolute atomic E-state index is 0.399. The van der Waals surface area contributed by atoms with Gasteiger partial charge in [0.2, 0.25) is 0 Å². The SMILES string of the molecule is CC(C)(C(=O)O)c1cccc(CC2(F)CC2)c1. The van der Waals surface area contributed by atoms with Gasteiger partial charge in [-0.25, -0.2) is 4.39 Å². The van der Waals surface area contributed by atoms with E-state index in [4.69, 9.17) is 5.11 Å². The van der Waals surface area contributed by atoms with Crippen LogP contribution in [0.4, 0.5) is 4.39 Å². The van der Waals surface area contributed by atoms with Crippen LogP contribution in [0.1, 0.15) is 37.8 Å². The molecule has 2 rings (SSSR count). The minimum Gasteiger partial charge on any atom is -0.481 e. The van der Waals surface area contributed by atoms with Crippen molar-refractivity contribution in [1.82, 2.24) is 0 Å². The van der Waals surface area contributed by atoms with E-state index in [2.05, 4.69) is 0 Å². The highest BCUT2D eigenvalue weighted by Gasteiger charge is 2.43. The average molecular weight is 236 g/mol. The summed E-state index contributed by atoms with van der Waals surface area (Å²) in [5.74, 6) is -0.865. The van der Waals surface area contributed by atoms with E-state index >= 15 is 0 Å². The Kier molecular flexibility index (Phi) is 2.72. The summed E-state index contributed by atoms with van der Waals surface area (Å²) in [5.41, 5.74) is -0.349. The van der Waals surface area contributed by atoms with E-state index < -0.39 is 17.1 Å². The van der Waals surface area contributed by atoms with Gasteiger partial charge in [0.25, 0.3) is 0 Å². The third kappa shape index (κ3) is 2.48. The van der Waals surface area contributed by atoms with Crippen molar-refractivity contribution in [3.05, 3.63) is 35.4 Å². The number of hydrogen-bond donors (Lipinski definition) is 1. The van der Waals surface area contributed by atoms with Gasteiger partial charge in [0, 0.05) is 6.42 Å². The summed E-state index contributed by atoms with van der Waals surface area (Å²) in [7, 11) is 0. The molecule has 0 aromatic heterocycles. The van der Waals surface area contributed by atoms with Gasteiger partial charge in [-0.05, 0) is 37.8 Å². The number of rotatable bonds is 4. The molecule has 0 aliphatic heterocycles. The highest BCUT2D eigenvalue weighted by Crippen LogP contribution is 2.42. The zero-order chi connectivity index (χ0) is 12.7. The Hall–Kier alpha value is -1.38. The van der Waals surface area contributed by atoms with Crippen LogP contribution in [-0.2, 0) is 16.6 Å². The van der Waals surface area contributed by atoms with Gasteiger partial charge in [-0.15, -0.1) is 0 Å². The van der Waals surface area contributed by atoms with Crippen molar-refractivity contribution in [2.45, 2.75) is 44.2 Å². The first kappa shape index (κ1) is 12.1. The van der Waals surface area contributed by atoms with Gasteiger partial charge in [-0.3, -0.25) is 4.79 Å². The van der Waals surface area contributed by atoms with E-state index in [1.807, 2.05) is 12.1 Å². The van der Waals surface area contributed by atoms with Crippen LogP contribution < -0.4 is 0 Å². The second-order valence-corrected chi connectivity index (χ2v) is 5.46. The monoisotopic (exact) mass is 236 g/mol. The van der Waals surface area contributed by atoms with Gasteiger partial charge in [0.1, 0.15) is 5.67 Å². The van der Waals surface area contributed by atoms with E-state index in [1.165, 1.54) is 0 Å². The molecule has 3 heteroatoms. The lowest BCUT2D eigenvalue weighted by molar-refractivity contribution is -0.142. The summed E-state index contributed by atoms with van der Waals surface area (Å²) in [5, 5.41) is 9.16. The second-order valence-electron chi connectivity index (χ2n) is 5.46. The zero-order valence-electron chi connectivity index (χ0n) is 10.2. The van der Waals surface area contributed by atoms with Crippen LogP contribution in [0.5, 0.6) is 0 Å². The molecule has 0 unspecified atom stereocenters. The van der Waals surface area contributed by atoms with Crippen molar-refractivity contribution < 1.29 is 14.3 Å². The second kappa shape index (κ2) is 3.83. The van der Waals surface area contributed by atoms with Crippen molar-refractivity contribution in [3.63, 3.8) is 0 Å². The van der Waals surface area contributed by atoms with Gasteiger partial charge in [-0.2, -0.15) is 0 Å². The summed E-state index contributed by atoms with van der Waals surface area (Å²) >= 11 is 0. The van der Waals surface area contributed by atoms with E-state index in [9.17, 15) is 9.18 Å². The quantitative estimate of drug-likeness (QED) is 0.872. The molecule has 0 radical (unpaired) electrons. The van der Waals surface area contributed by atoms with Gasteiger partial charge >= 0.3 is 5.97 Å². The van der Waals surface area contributed by atoms with E-state index in [0.717, 1.165) is 11.1 Å². The Morgan fingerprint density at radius 3 is 2.65 bits per heavy atom. The molecule has 1 fully saturated rings. The Balaban J connectivity index is 2.25. The predicted octanol–water partition coefficient (Wildman–Crippen LogP) is 3.09. The molecule has 0 atom stereocenters. The molecule has 92 valence electrons. The number of carboxylic acids is 1. The molecule has 1 N–H and O–H groups in total. The molecular weight excluding hydrogens is 219 g/mol. The molecule has 0 bridgehead atoms. The summed E-state index contributed by atoms with van der Waals surface area (Å²) in [6.45, 7) is 3.33. The van der Waals surface area contributed by atoms with Crippen molar-refractivity contribution in [2.24, 2.45) is 0 Å². The van der Waals surface area contributed by atoms with Gasteiger partial charge in [-0.1, -0.05) is 24.3 Å². The van der Waals surface area contributed by atoms with Crippen LogP contribution in [0.15, 0.2) is 24.3 Å². The third-order valence-corrected chi connectivity index (χ3v) is 3.50. The van der Waals surface area contributed by atoms with Crippen LogP contribution in [0, 0.1) is 0 Å². The van der Waals surface area contributed by atoms with Gasteiger partial charge < -0.3 is 5.11 Å². The average Bonchev–Trinajstić information content (AvgIpc) is 2.96. The molecule has 0 amide bonds. The van der Waals surface area contributed by atoms with Crippen molar-refractivity contribution in [3.8, 4) is 0 Å². The van der Waals surface area contributed by atoms with E-state index in [-0.39, 0.29) is 0 Å². The first-order valence-electron chi connectivity index (χ1n) is 5.85. The number of alkyl halides is 1. The minimum atomic E-state index is -1.04. The van der Waals surface area contributed by atoms with Crippen LogP contribution in [-0.4, -0.2) is 16.7 Å². The smallest absolute Gasteiger partial charge is 0.313 e. The Bertz CT molecular complexity index is 447. The number of aliphatic carboxylic acids is 1. The summed E-state index contributed by atoms with van der Waals surface area (Å²) < 4.78 is 13.7. The molecular formula is C14H17FO2. The number of benzene rings is 1. The van der Waals surface area contributed by atoms with Crippen molar-refractivity contribution >= 4 is 5.97 Å². The normalized spacial score (nSPS) is 17.8. The van der Waals surface area contributed by atoms with E-state index in [0.29, 0.717) is 19.3 Å². The molecule has 0 heterocycles. The molecule has 1 saturated carbocycles. The number of carboxylic acid groups (broad SMARTS) is 1. The fourth-order valence-electron chi connectivity index (χ4n) is 1.87. The summed E-state index contributed by atoms with van der Waals surface area (Å²) in [6.07, 6.45) is 1.65. The maximum Gasteiger partial charge on any atom is 0.313 e. The Labute approximate surface area is 100 Å². The van der Waals surface area contributed by atoms with Crippen LogP contribution in [0.2, 0.25) is 0 Å². The fourth-order valence-corrected chi connectivity index (χ4v) is 1.87. The molecule has 2 nitrogen and oxygen atoms in total. The topological polar surface area (TPSA) is 37.3 Å². The lowest BCUT2D eigenvalue weighted by atomic mass is 9.83. The molecule has 17 heavy (non-hydrogen) atoms. The first-order chi connectivity index (χ1) is 7.83. The summed E-state index contributed by atoms with van der Waals surface area (Å²) in [6, 6.07) is 7.27. The Morgan fingerprint density at radius 1 is 1.47 bits per heavy atom. The molecule has 1 aromatic carbocycles. The molecule has 0 spiro atoms. The standard InChI is InChI=1S/C14H17FO2/c1-13(2,12(16)17)11-5-3-4-10(8-11)9-14(15)6-7-14/h3-5,8H,6-7,9H2,1-2H3,(H,16,17). The lowest BCUT2D eigenvalue weighted by Crippen LogP contribution is -2.28. The molecule has 1 aromatic rings. The largest absolute Gasteiger partial charge is 0.481 e. The maximum atomic E-state index is 13.7. The maximum absolute atomic E-state index is 13.7. The predicted molar refractivity (Wildman–Crippen MR) is 63.9 cm³/mol. The van der Waals surface area contributed by atoms with Gasteiger partial charge in [0.05, 0.1) is 5.41 Å². The van der Waals surface area contributed by atoms with Crippen LogP contribution >= 0.6 is 0 Å². The van der Waals surface area contributed by atoms with Crippen LogP contribution in [0.25, 0.3) is 0 Å². The summed E-state index contributed by atoms with van der Waals surface area (Å²) in [4.78, 5) is 11.2. The lowest BCUT2D eigenvalue weighted by Gasteiger charge is -2.20. The zero-order valence-corrected chi connectivity index (χ0v) is 10.2. The van der Waals surface area contributed by atoms with Crippen molar-refractivity contribution in [2.75, 3.05) is 0 Å². The highest BCUT2D eigenvalue weighted by atomic mass is 19.1. The van der Waals surface area contributed by atoms with Crippen molar-refractivity contribution in [1.29, 1.82) is 0 Å². The first-order valence-corrected chi connectivity index (χ1v) is 5.85. The Morgan fingerprint density at radius 2 is 2.12 bits per heavy atom.